The van der Waals surface area contributed by atoms with Crippen LogP contribution in [-0.4, -0.2) is 45.6 Å². The lowest BCUT2D eigenvalue weighted by Gasteiger charge is -2.13. The number of carbonyl (C=O) groups is 1. The minimum absolute atomic E-state index is 0.00308. The summed E-state index contributed by atoms with van der Waals surface area (Å²) in [4.78, 5) is 13.2. The summed E-state index contributed by atoms with van der Waals surface area (Å²) in [5, 5.41) is 3.01. The topological polar surface area (TPSA) is 66.5 Å². The number of sulfone groups is 1. The van der Waals surface area contributed by atoms with Crippen LogP contribution in [0, 0.1) is 0 Å². The number of rotatable bonds is 6. The van der Waals surface area contributed by atoms with E-state index in [1.807, 2.05) is 0 Å². The molecule has 1 aromatic rings. The van der Waals surface area contributed by atoms with Crippen molar-refractivity contribution < 1.29 is 13.2 Å². The van der Waals surface area contributed by atoms with Crippen LogP contribution < -0.4 is 5.32 Å². The fraction of sp³-hybridized carbons (Fsp3) is 0.462. The predicted molar refractivity (Wildman–Crippen MR) is 76.0 cm³/mol. The summed E-state index contributed by atoms with van der Waals surface area (Å²) in [5.74, 6) is 0.0609. The highest BCUT2D eigenvalue weighted by molar-refractivity contribution is 7.91. The smallest absolute Gasteiger partial charge is 0.223 e. The van der Waals surface area contributed by atoms with Crippen LogP contribution in [0.1, 0.15) is 13.3 Å². The summed E-state index contributed by atoms with van der Waals surface area (Å²) < 4.78 is 23.8. The van der Waals surface area contributed by atoms with Gasteiger partial charge in [-0.2, -0.15) is 0 Å². The van der Waals surface area contributed by atoms with Crippen LogP contribution in [0.3, 0.4) is 0 Å². The molecule has 0 aliphatic heterocycles. The van der Waals surface area contributed by atoms with E-state index < -0.39 is 9.84 Å². The van der Waals surface area contributed by atoms with Crippen molar-refractivity contribution in [3.8, 4) is 0 Å². The Hall–Kier alpha value is -1.56. The number of nitrogens with one attached hydrogen (secondary N) is 1. The van der Waals surface area contributed by atoms with Crippen LogP contribution in [0.4, 0.5) is 5.69 Å². The fourth-order valence-electron chi connectivity index (χ4n) is 1.57. The van der Waals surface area contributed by atoms with Gasteiger partial charge in [0.2, 0.25) is 5.91 Å². The van der Waals surface area contributed by atoms with Gasteiger partial charge in [0.05, 0.1) is 16.3 Å². The molecule has 0 saturated heterocycles. The van der Waals surface area contributed by atoms with Gasteiger partial charge in [-0.25, -0.2) is 8.42 Å². The average molecular weight is 284 g/mol. The number of amides is 1. The quantitative estimate of drug-likeness (QED) is 0.857. The van der Waals surface area contributed by atoms with Crippen LogP contribution in [0.2, 0.25) is 0 Å². The van der Waals surface area contributed by atoms with Crippen molar-refractivity contribution in [3.63, 3.8) is 0 Å². The molecular formula is C13H20N2O3S. The van der Waals surface area contributed by atoms with Gasteiger partial charge < -0.3 is 10.2 Å². The molecule has 1 amide bonds. The number of hydrogen-bond acceptors (Lipinski definition) is 4. The van der Waals surface area contributed by atoms with Gasteiger partial charge in [-0.05, 0) is 12.1 Å². The molecule has 6 heteroatoms. The second-order valence-electron chi connectivity index (χ2n) is 4.36. The van der Waals surface area contributed by atoms with E-state index >= 15 is 0 Å². The van der Waals surface area contributed by atoms with E-state index in [1.54, 1.807) is 45.3 Å². The molecular weight excluding hydrogens is 264 g/mol. The maximum absolute atomic E-state index is 11.9. The predicted octanol–water partition coefficient (Wildman–Crippen LogP) is 1.37. The lowest BCUT2D eigenvalue weighted by molar-refractivity contribution is -0.128. The molecule has 106 valence electrons. The Balaban J connectivity index is 2.78. The zero-order valence-electron chi connectivity index (χ0n) is 11.5. The number of benzene rings is 1. The first kappa shape index (κ1) is 15.5. The second kappa shape index (κ2) is 6.56. The standard InChI is InChI=1S/C13H20N2O3S/c1-4-19(17,18)12-8-6-5-7-11(12)14-10-9-13(16)15(2)3/h5-8,14H,4,9-10H2,1-3H3. The van der Waals surface area contributed by atoms with Crippen LogP contribution >= 0.6 is 0 Å². The van der Waals surface area contributed by atoms with Crippen LogP contribution in [0.25, 0.3) is 0 Å². The molecule has 0 unspecified atom stereocenters. The highest BCUT2D eigenvalue weighted by Crippen LogP contribution is 2.21. The van der Waals surface area contributed by atoms with Gasteiger partial charge in [0, 0.05) is 27.1 Å². The SMILES string of the molecule is CCS(=O)(=O)c1ccccc1NCCC(=O)N(C)C. The Morgan fingerprint density at radius 1 is 1.26 bits per heavy atom. The third-order valence-electron chi connectivity index (χ3n) is 2.76. The second-order valence-corrected chi connectivity index (χ2v) is 6.61. The molecule has 0 spiro atoms. The lowest BCUT2D eigenvalue weighted by Crippen LogP contribution is -2.24. The lowest BCUT2D eigenvalue weighted by atomic mass is 10.3. The zero-order chi connectivity index (χ0) is 14.5. The molecule has 0 aliphatic rings. The number of carbonyl (C=O) groups excluding carboxylic acids is 1. The van der Waals surface area contributed by atoms with Gasteiger partial charge in [-0.1, -0.05) is 19.1 Å². The van der Waals surface area contributed by atoms with Gasteiger partial charge in [-0.15, -0.1) is 0 Å². The average Bonchev–Trinajstić information content (AvgIpc) is 2.39. The van der Waals surface area contributed by atoms with Gasteiger partial charge in [0.25, 0.3) is 0 Å². The molecule has 0 atom stereocenters. The van der Waals surface area contributed by atoms with Gasteiger partial charge in [0.1, 0.15) is 0 Å². The van der Waals surface area contributed by atoms with Gasteiger partial charge in [0.15, 0.2) is 9.84 Å². The summed E-state index contributed by atoms with van der Waals surface area (Å²) in [6.45, 7) is 2.02. The summed E-state index contributed by atoms with van der Waals surface area (Å²) in [5.41, 5.74) is 0.552. The van der Waals surface area contributed by atoms with Crippen LogP contribution in [0.15, 0.2) is 29.2 Å². The van der Waals surface area contributed by atoms with Crippen molar-refractivity contribution in [2.75, 3.05) is 31.7 Å². The first-order valence-electron chi connectivity index (χ1n) is 6.14. The molecule has 1 N–H and O–H groups in total. The maximum Gasteiger partial charge on any atom is 0.223 e. The number of nitrogens with zero attached hydrogens (tertiary/aromatic N) is 1. The fourth-order valence-corrected chi connectivity index (χ4v) is 2.64. The largest absolute Gasteiger partial charge is 0.383 e. The number of hydrogen-bond donors (Lipinski definition) is 1. The van der Waals surface area contributed by atoms with E-state index in [9.17, 15) is 13.2 Å². The summed E-state index contributed by atoms with van der Waals surface area (Å²) in [6, 6.07) is 6.75. The van der Waals surface area contributed by atoms with Crippen molar-refractivity contribution in [1.29, 1.82) is 0 Å². The minimum Gasteiger partial charge on any atom is -0.383 e. The van der Waals surface area contributed by atoms with Crippen molar-refractivity contribution in [2.45, 2.75) is 18.2 Å². The summed E-state index contributed by atoms with van der Waals surface area (Å²) >= 11 is 0. The van der Waals surface area contributed by atoms with E-state index in [1.165, 1.54) is 4.90 Å². The van der Waals surface area contributed by atoms with E-state index in [0.717, 1.165) is 0 Å². The van der Waals surface area contributed by atoms with E-state index in [2.05, 4.69) is 5.32 Å². The minimum atomic E-state index is -3.25. The van der Waals surface area contributed by atoms with E-state index in [-0.39, 0.29) is 16.6 Å². The van der Waals surface area contributed by atoms with Crippen LogP contribution in [-0.2, 0) is 14.6 Å². The highest BCUT2D eigenvalue weighted by Gasteiger charge is 2.15. The third-order valence-corrected chi connectivity index (χ3v) is 4.54. The molecule has 0 fully saturated rings. The number of anilines is 1. The Labute approximate surface area is 114 Å². The molecule has 1 aromatic carbocycles. The third kappa shape index (κ3) is 4.24. The molecule has 0 aromatic heterocycles. The molecule has 0 radical (unpaired) electrons. The Bertz CT molecular complexity index is 539. The van der Waals surface area contributed by atoms with Gasteiger partial charge in [-0.3, -0.25) is 4.79 Å². The Morgan fingerprint density at radius 2 is 1.89 bits per heavy atom. The molecule has 0 heterocycles. The normalized spacial score (nSPS) is 11.1. The van der Waals surface area contributed by atoms with Crippen molar-refractivity contribution >= 4 is 21.4 Å². The molecule has 1 rings (SSSR count). The maximum atomic E-state index is 11.9. The molecule has 19 heavy (non-hydrogen) atoms. The Morgan fingerprint density at radius 3 is 2.47 bits per heavy atom. The first-order chi connectivity index (χ1) is 8.88. The summed E-state index contributed by atoms with van der Waals surface area (Å²) in [7, 11) is 0.131. The summed E-state index contributed by atoms with van der Waals surface area (Å²) in [6.07, 6.45) is 0.327. The molecule has 0 saturated carbocycles. The van der Waals surface area contributed by atoms with Gasteiger partial charge >= 0.3 is 0 Å². The molecule has 0 bridgehead atoms. The van der Waals surface area contributed by atoms with Crippen molar-refractivity contribution in [2.24, 2.45) is 0 Å². The van der Waals surface area contributed by atoms with Crippen molar-refractivity contribution in [1.82, 2.24) is 4.90 Å². The first-order valence-corrected chi connectivity index (χ1v) is 7.79. The molecule has 5 nitrogen and oxygen atoms in total. The van der Waals surface area contributed by atoms with E-state index in [4.69, 9.17) is 0 Å². The van der Waals surface area contributed by atoms with Crippen molar-refractivity contribution in [3.05, 3.63) is 24.3 Å². The zero-order valence-corrected chi connectivity index (χ0v) is 12.3. The highest BCUT2D eigenvalue weighted by atomic mass is 32.2. The molecule has 0 aliphatic carbocycles. The number of para-hydroxylation sites is 1. The van der Waals surface area contributed by atoms with E-state index in [0.29, 0.717) is 18.7 Å². The Kier molecular flexibility index (Phi) is 5.35. The monoisotopic (exact) mass is 284 g/mol. The van der Waals surface area contributed by atoms with Crippen LogP contribution in [0.5, 0.6) is 0 Å².